The van der Waals surface area contributed by atoms with Gasteiger partial charge in [0, 0.05) is 31.3 Å². The standard InChI is InChI=1S/C18H19N5O3S/c1-2-11-20-27(25,26)15-8-6-14(7-9-15)18(24)19-12-10-17-22-21-16-5-3-4-13-23(16)17/h2-9,13,20H,1,10-12H2,(H,19,24). The lowest BCUT2D eigenvalue weighted by molar-refractivity contribution is 0.0954. The van der Waals surface area contributed by atoms with Crippen LogP contribution in [0.2, 0.25) is 0 Å². The van der Waals surface area contributed by atoms with Crippen molar-refractivity contribution in [2.75, 3.05) is 13.1 Å². The van der Waals surface area contributed by atoms with Gasteiger partial charge in [0.2, 0.25) is 10.0 Å². The molecular formula is C18H19N5O3S. The molecule has 0 aliphatic heterocycles. The Morgan fingerprint density at radius 2 is 1.93 bits per heavy atom. The zero-order valence-corrected chi connectivity index (χ0v) is 15.3. The highest BCUT2D eigenvalue weighted by atomic mass is 32.2. The molecule has 140 valence electrons. The molecule has 2 heterocycles. The van der Waals surface area contributed by atoms with Gasteiger partial charge < -0.3 is 5.32 Å². The molecule has 27 heavy (non-hydrogen) atoms. The van der Waals surface area contributed by atoms with Crippen molar-refractivity contribution >= 4 is 21.6 Å². The lowest BCUT2D eigenvalue weighted by Crippen LogP contribution is -2.26. The first kappa shape index (κ1) is 18.7. The van der Waals surface area contributed by atoms with E-state index in [0.29, 0.717) is 18.5 Å². The maximum absolute atomic E-state index is 12.2. The number of hydrogen-bond donors (Lipinski definition) is 2. The molecule has 0 fully saturated rings. The van der Waals surface area contributed by atoms with Gasteiger partial charge in [0.25, 0.3) is 5.91 Å². The first-order valence-electron chi connectivity index (χ1n) is 8.29. The highest BCUT2D eigenvalue weighted by molar-refractivity contribution is 7.89. The van der Waals surface area contributed by atoms with E-state index in [0.717, 1.165) is 11.5 Å². The second-order valence-corrected chi connectivity index (χ2v) is 7.48. The Labute approximate surface area is 157 Å². The number of sulfonamides is 1. The topological polar surface area (TPSA) is 105 Å². The van der Waals surface area contributed by atoms with Crippen molar-refractivity contribution in [2.45, 2.75) is 11.3 Å². The van der Waals surface area contributed by atoms with Crippen molar-refractivity contribution in [2.24, 2.45) is 0 Å². The van der Waals surface area contributed by atoms with Crippen molar-refractivity contribution in [3.05, 3.63) is 72.7 Å². The SMILES string of the molecule is C=CCNS(=O)(=O)c1ccc(C(=O)NCCc2nnc3ccccn23)cc1. The molecule has 0 aliphatic carbocycles. The fraction of sp³-hybridized carbons (Fsp3) is 0.167. The fourth-order valence-electron chi connectivity index (χ4n) is 2.49. The minimum Gasteiger partial charge on any atom is -0.352 e. The number of aromatic nitrogens is 3. The van der Waals surface area contributed by atoms with Gasteiger partial charge >= 0.3 is 0 Å². The Balaban J connectivity index is 1.59. The average Bonchev–Trinajstić information content (AvgIpc) is 3.10. The van der Waals surface area contributed by atoms with Crippen molar-refractivity contribution in [1.82, 2.24) is 24.6 Å². The molecule has 1 aromatic carbocycles. The number of carbonyl (C=O) groups is 1. The summed E-state index contributed by atoms with van der Waals surface area (Å²) in [5.41, 5.74) is 1.13. The molecule has 2 N–H and O–H groups in total. The van der Waals surface area contributed by atoms with E-state index in [9.17, 15) is 13.2 Å². The highest BCUT2D eigenvalue weighted by Crippen LogP contribution is 2.10. The van der Waals surface area contributed by atoms with Crippen LogP contribution in [-0.2, 0) is 16.4 Å². The van der Waals surface area contributed by atoms with E-state index in [4.69, 9.17) is 0 Å². The van der Waals surface area contributed by atoms with Gasteiger partial charge in [-0.25, -0.2) is 13.1 Å². The Morgan fingerprint density at radius 3 is 2.67 bits per heavy atom. The van der Waals surface area contributed by atoms with Crippen LogP contribution >= 0.6 is 0 Å². The third-order valence-electron chi connectivity index (χ3n) is 3.86. The molecule has 0 aliphatic rings. The molecule has 8 nitrogen and oxygen atoms in total. The predicted octanol–water partition coefficient (Wildman–Crippen LogP) is 1.17. The van der Waals surface area contributed by atoms with Crippen LogP contribution in [-0.4, -0.2) is 42.0 Å². The number of hydrogen-bond acceptors (Lipinski definition) is 5. The molecule has 3 rings (SSSR count). The third-order valence-corrected chi connectivity index (χ3v) is 5.30. The zero-order chi connectivity index (χ0) is 19.3. The van der Waals surface area contributed by atoms with E-state index in [1.807, 2.05) is 28.8 Å². The van der Waals surface area contributed by atoms with Crippen LogP contribution in [0.5, 0.6) is 0 Å². The second-order valence-electron chi connectivity index (χ2n) is 5.72. The van der Waals surface area contributed by atoms with E-state index in [-0.39, 0.29) is 17.3 Å². The molecule has 9 heteroatoms. The van der Waals surface area contributed by atoms with Crippen LogP contribution in [0.3, 0.4) is 0 Å². The average molecular weight is 385 g/mol. The number of nitrogens with zero attached hydrogens (tertiary/aromatic N) is 3. The highest BCUT2D eigenvalue weighted by Gasteiger charge is 2.14. The van der Waals surface area contributed by atoms with Crippen molar-refractivity contribution in [1.29, 1.82) is 0 Å². The molecule has 0 radical (unpaired) electrons. The van der Waals surface area contributed by atoms with Gasteiger partial charge in [-0.15, -0.1) is 16.8 Å². The molecule has 1 amide bonds. The summed E-state index contributed by atoms with van der Waals surface area (Å²) in [4.78, 5) is 12.3. The maximum atomic E-state index is 12.2. The summed E-state index contributed by atoms with van der Waals surface area (Å²) in [6, 6.07) is 11.4. The van der Waals surface area contributed by atoms with Gasteiger partial charge in [0.15, 0.2) is 5.65 Å². The number of rotatable bonds is 8. The minimum atomic E-state index is -3.60. The monoisotopic (exact) mass is 385 g/mol. The molecule has 0 bridgehead atoms. The quantitative estimate of drug-likeness (QED) is 0.566. The van der Waals surface area contributed by atoms with Crippen LogP contribution in [0.25, 0.3) is 5.65 Å². The van der Waals surface area contributed by atoms with Crippen LogP contribution in [0.15, 0.2) is 66.2 Å². The summed E-state index contributed by atoms with van der Waals surface area (Å²) in [6.45, 7) is 3.99. The van der Waals surface area contributed by atoms with Crippen molar-refractivity contribution in [3.8, 4) is 0 Å². The number of pyridine rings is 1. The molecular weight excluding hydrogens is 366 g/mol. The van der Waals surface area contributed by atoms with Gasteiger partial charge in [0.05, 0.1) is 4.90 Å². The summed E-state index contributed by atoms with van der Waals surface area (Å²) in [6.07, 6.45) is 3.85. The van der Waals surface area contributed by atoms with Crippen molar-refractivity contribution in [3.63, 3.8) is 0 Å². The molecule has 2 aromatic heterocycles. The summed E-state index contributed by atoms with van der Waals surface area (Å²) in [7, 11) is -3.60. The van der Waals surface area contributed by atoms with E-state index in [1.165, 1.54) is 30.3 Å². The molecule has 0 atom stereocenters. The summed E-state index contributed by atoms with van der Waals surface area (Å²) in [5.74, 6) is 0.465. The van der Waals surface area contributed by atoms with Crippen LogP contribution < -0.4 is 10.0 Å². The first-order valence-corrected chi connectivity index (χ1v) is 9.77. The third kappa shape index (κ3) is 4.39. The van der Waals surface area contributed by atoms with Crippen LogP contribution in [0, 0.1) is 0 Å². The molecule has 0 spiro atoms. The Bertz CT molecular complexity index is 1060. The summed E-state index contributed by atoms with van der Waals surface area (Å²) >= 11 is 0. The Morgan fingerprint density at radius 1 is 1.15 bits per heavy atom. The van der Waals surface area contributed by atoms with Gasteiger partial charge in [0.1, 0.15) is 5.82 Å². The van der Waals surface area contributed by atoms with Crippen LogP contribution in [0.4, 0.5) is 0 Å². The lowest BCUT2D eigenvalue weighted by atomic mass is 10.2. The fourth-order valence-corrected chi connectivity index (χ4v) is 3.49. The largest absolute Gasteiger partial charge is 0.352 e. The zero-order valence-electron chi connectivity index (χ0n) is 14.5. The smallest absolute Gasteiger partial charge is 0.251 e. The summed E-state index contributed by atoms with van der Waals surface area (Å²) < 4.78 is 28.3. The van der Waals surface area contributed by atoms with Crippen LogP contribution in [0.1, 0.15) is 16.2 Å². The van der Waals surface area contributed by atoms with Gasteiger partial charge in [-0.05, 0) is 36.4 Å². The Kier molecular flexibility index (Phi) is 5.63. The van der Waals surface area contributed by atoms with E-state index >= 15 is 0 Å². The number of benzene rings is 1. The van der Waals surface area contributed by atoms with E-state index in [1.54, 1.807) is 0 Å². The number of fused-ring (bicyclic) bond motifs is 1. The molecule has 0 unspecified atom stereocenters. The molecule has 0 saturated heterocycles. The molecule has 0 saturated carbocycles. The second kappa shape index (κ2) is 8.11. The first-order chi connectivity index (χ1) is 13.0. The Hall–Kier alpha value is -3.04. The van der Waals surface area contributed by atoms with E-state index in [2.05, 4.69) is 26.8 Å². The summed E-state index contributed by atoms with van der Waals surface area (Å²) in [5, 5.41) is 11.0. The number of amides is 1. The predicted molar refractivity (Wildman–Crippen MR) is 101 cm³/mol. The van der Waals surface area contributed by atoms with Gasteiger partial charge in [-0.2, -0.15) is 0 Å². The normalized spacial score (nSPS) is 11.4. The van der Waals surface area contributed by atoms with Gasteiger partial charge in [-0.1, -0.05) is 12.1 Å². The molecule has 3 aromatic rings. The van der Waals surface area contributed by atoms with Gasteiger partial charge in [-0.3, -0.25) is 9.20 Å². The van der Waals surface area contributed by atoms with E-state index < -0.39 is 10.0 Å². The number of nitrogens with one attached hydrogen (secondary N) is 2. The van der Waals surface area contributed by atoms with Crippen molar-refractivity contribution < 1.29 is 13.2 Å². The lowest BCUT2D eigenvalue weighted by Gasteiger charge is -2.07. The maximum Gasteiger partial charge on any atom is 0.251 e. The minimum absolute atomic E-state index is 0.0934. The number of carbonyl (C=O) groups excluding carboxylic acids is 1.